The fourth-order valence-corrected chi connectivity index (χ4v) is 4.13. The summed E-state index contributed by atoms with van der Waals surface area (Å²) >= 11 is 0. The Bertz CT molecular complexity index is 1180. The molecule has 0 radical (unpaired) electrons. The van der Waals surface area contributed by atoms with E-state index in [1.165, 1.54) is 38.4 Å². The maximum absolute atomic E-state index is 12.4. The predicted molar refractivity (Wildman–Crippen MR) is 91.4 cm³/mol. The van der Waals surface area contributed by atoms with Gasteiger partial charge in [0.05, 0.1) is 11.3 Å². The molecule has 0 aliphatic carbocycles. The Labute approximate surface area is 153 Å². The largest absolute Gasteiger partial charge is 0.458 e. The minimum Gasteiger partial charge on any atom is -0.458 e. The van der Waals surface area contributed by atoms with E-state index in [-0.39, 0.29) is 16.2 Å². The molecule has 1 aliphatic rings. The van der Waals surface area contributed by atoms with Crippen molar-refractivity contribution in [3.05, 3.63) is 62.4 Å². The number of rotatable bonds is 4. The molecule has 1 aromatic heterocycles. The molecule has 11 heteroatoms. The van der Waals surface area contributed by atoms with Crippen molar-refractivity contribution < 1.29 is 22.7 Å². The van der Waals surface area contributed by atoms with Crippen molar-refractivity contribution >= 4 is 21.9 Å². The van der Waals surface area contributed by atoms with Crippen LogP contribution in [0, 0.1) is 0 Å². The molecule has 0 unspecified atom stereocenters. The second-order valence-corrected chi connectivity index (χ2v) is 7.68. The van der Waals surface area contributed by atoms with E-state index in [1.54, 1.807) is 0 Å². The van der Waals surface area contributed by atoms with Gasteiger partial charge in [0.15, 0.2) is 0 Å². The van der Waals surface area contributed by atoms with E-state index in [0.29, 0.717) is 4.31 Å². The highest BCUT2D eigenvalue weighted by Crippen LogP contribution is 2.29. The molecule has 0 bridgehead atoms. The van der Waals surface area contributed by atoms with Crippen LogP contribution < -0.4 is 11.2 Å². The summed E-state index contributed by atoms with van der Waals surface area (Å²) in [6.07, 6.45) is 0. The first-order valence-corrected chi connectivity index (χ1v) is 9.16. The first-order valence-electron chi connectivity index (χ1n) is 7.72. The average Bonchev–Trinajstić information content (AvgIpc) is 2.83. The highest BCUT2D eigenvalue weighted by molar-refractivity contribution is 7.90. The normalized spacial score (nSPS) is 14.9. The number of ether oxygens (including phenoxy) is 1. The van der Waals surface area contributed by atoms with Crippen LogP contribution in [0.5, 0.6) is 0 Å². The molecule has 142 valence electrons. The second kappa shape index (κ2) is 6.50. The van der Waals surface area contributed by atoms with Gasteiger partial charge in [0, 0.05) is 20.2 Å². The van der Waals surface area contributed by atoms with Crippen LogP contribution in [0.4, 0.5) is 0 Å². The zero-order valence-corrected chi connectivity index (χ0v) is 15.2. The molecular weight excluding hydrogens is 378 g/mol. The average molecular weight is 393 g/mol. The molecule has 10 nitrogen and oxygen atoms in total. The fraction of sp³-hybridized carbons (Fsp3) is 0.250. The minimum atomic E-state index is -4.13. The van der Waals surface area contributed by atoms with Crippen LogP contribution in [0.2, 0.25) is 0 Å². The topological polar surface area (TPSA) is 125 Å². The summed E-state index contributed by atoms with van der Waals surface area (Å²) in [6.45, 7) is -1.23. The molecular formula is C16H15N3O7S. The summed E-state index contributed by atoms with van der Waals surface area (Å²) in [5.74, 6) is -1.81. The van der Waals surface area contributed by atoms with Crippen LogP contribution in [0.25, 0.3) is 0 Å². The molecule has 1 aromatic carbocycles. The van der Waals surface area contributed by atoms with Crippen molar-refractivity contribution in [2.75, 3.05) is 6.54 Å². The Morgan fingerprint density at radius 1 is 1.07 bits per heavy atom. The van der Waals surface area contributed by atoms with Crippen molar-refractivity contribution in [3.8, 4) is 0 Å². The molecule has 0 spiro atoms. The molecule has 1 amide bonds. The molecule has 27 heavy (non-hydrogen) atoms. The Morgan fingerprint density at radius 3 is 2.41 bits per heavy atom. The van der Waals surface area contributed by atoms with Gasteiger partial charge < -0.3 is 4.74 Å². The quantitative estimate of drug-likeness (QED) is 0.608. The summed E-state index contributed by atoms with van der Waals surface area (Å²) in [7, 11) is -1.42. The maximum Gasteiger partial charge on any atom is 0.330 e. The third kappa shape index (κ3) is 3.05. The number of aromatic nitrogens is 2. The van der Waals surface area contributed by atoms with E-state index in [9.17, 15) is 27.6 Å². The van der Waals surface area contributed by atoms with Gasteiger partial charge in [-0.25, -0.2) is 17.5 Å². The fourth-order valence-electron chi connectivity index (χ4n) is 2.62. The van der Waals surface area contributed by atoms with Gasteiger partial charge in [-0.1, -0.05) is 12.1 Å². The molecule has 2 aromatic rings. The van der Waals surface area contributed by atoms with Crippen LogP contribution in [0.15, 0.2) is 44.8 Å². The lowest BCUT2D eigenvalue weighted by molar-refractivity contribution is -0.145. The molecule has 0 N–H and O–H groups in total. The Kier molecular flexibility index (Phi) is 4.47. The third-order valence-corrected chi connectivity index (χ3v) is 5.98. The SMILES string of the molecule is Cn1c(COC(=O)CN2C(=O)c3ccccc3S2(=O)=O)cc(=O)n(C)c1=O. The standard InChI is InChI=1S/C16H15N3O7S/c1-17-10(7-13(20)18(2)16(17)23)9-26-14(21)8-19-15(22)11-5-3-4-6-12(11)27(19,24)25/h3-7H,8-9H2,1-2H3. The van der Waals surface area contributed by atoms with Crippen molar-refractivity contribution in [3.63, 3.8) is 0 Å². The minimum absolute atomic E-state index is 0.0146. The number of carbonyl (C=O) groups excluding carboxylic acids is 2. The van der Waals surface area contributed by atoms with Gasteiger partial charge in [-0.15, -0.1) is 0 Å². The van der Waals surface area contributed by atoms with Crippen LogP contribution in [0.3, 0.4) is 0 Å². The van der Waals surface area contributed by atoms with Gasteiger partial charge in [0.1, 0.15) is 18.0 Å². The van der Waals surface area contributed by atoms with Crippen LogP contribution in [0.1, 0.15) is 16.1 Å². The van der Waals surface area contributed by atoms with E-state index >= 15 is 0 Å². The number of esters is 1. The van der Waals surface area contributed by atoms with Crippen molar-refractivity contribution in [2.24, 2.45) is 14.1 Å². The number of sulfonamides is 1. The third-order valence-electron chi connectivity index (χ3n) is 4.19. The molecule has 0 fully saturated rings. The van der Waals surface area contributed by atoms with Crippen molar-refractivity contribution in [1.29, 1.82) is 0 Å². The van der Waals surface area contributed by atoms with Crippen molar-refractivity contribution in [1.82, 2.24) is 13.4 Å². The first kappa shape index (κ1) is 18.6. The van der Waals surface area contributed by atoms with E-state index in [2.05, 4.69) is 0 Å². The van der Waals surface area contributed by atoms with Gasteiger partial charge >= 0.3 is 11.7 Å². The number of hydrogen-bond acceptors (Lipinski definition) is 7. The number of fused-ring (bicyclic) bond motifs is 1. The summed E-state index contributed by atoms with van der Waals surface area (Å²) in [6, 6.07) is 6.76. The smallest absolute Gasteiger partial charge is 0.330 e. The molecule has 0 saturated heterocycles. The summed E-state index contributed by atoms with van der Waals surface area (Å²) in [5, 5.41) is 0. The van der Waals surface area contributed by atoms with Crippen LogP contribution >= 0.6 is 0 Å². The number of amides is 1. The monoisotopic (exact) mass is 393 g/mol. The molecule has 0 saturated carbocycles. The van der Waals surface area contributed by atoms with Gasteiger partial charge in [0.25, 0.3) is 21.5 Å². The molecule has 3 rings (SSSR count). The number of hydrogen-bond donors (Lipinski definition) is 0. The summed E-state index contributed by atoms with van der Waals surface area (Å²) < 4.78 is 32.2. The van der Waals surface area contributed by atoms with E-state index in [0.717, 1.165) is 15.2 Å². The van der Waals surface area contributed by atoms with Crippen molar-refractivity contribution in [2.45, 2.75) is 11.5 Å². The van der Waals surface area contributed by atoms with E-state index in [1.807, 2.05) is 0 Å². The van der Waals surface area contributed by atoms with Gasteiger partial charge in [-0.05, 0) is 12.1 Å². The number of nitrogens with zero attached hydrogens (tertiary/aromatic N) is 3. The molecule has 0 atom stereocenters. The van der Waals surface area contributed by atoms with Crippen LogP contribution in [-0.2, 0) is 40.3 Å². The highest BCUT2D eigenvalue weighted by atomic mass is 32.2. The van der Waals surface area contributed by atoms with Crippen LogP contribution in [-0.4, -0.2) is 40.3 Å². The number of carbonyl (C=O) groups is 2. The Balaban J connectivity index is 1.76. The highest BCUT2D eigenvalue weighted by Gasteiger charge is 2.42. The zero-order chi connectivity index (χ0) is 19.9. The predicted octanol–water partition coefficient (Wildman–Crippen LogP) is -1.03. The lowest BCUT2D eigenvalue weighted by Crippen LogP contribution is -2.39. The lowest BCUT2D eigenvalue weighted by Gasteiger charge is -2.15. The molecule has 2 heterocycles. The maximum atomic E-state index is 12.4. The lowest BCUT2D eigenvalue weighted by atomic mass is 10.2. The van der Waals surface area contributed by atoms with Gasteiger partial charge in [-0.3, -0.25) is 23.5 Å². The van der Waals surface area contributed by atoms with E-state index in [4.69, 9.17) is 4.74 Å². The summed E-state index contributed by atoms with van der Waals surface area (Å²) in [4.78, 5) is 47.6. The first-order chi connectivity index (χ1) is 12.6. The zero-order valence-electron chi connectivity index (χ0n) is 14.4. The number of benzene rings is 1. The Hall–Kier alpha value is -3.21. The summed E-state index contributed by atoms with van der Waals surface area (Å²) in [5.41, 5.74) is -1.05. The van der Waals surface area contributed by atoms with Gasteiger partial charge in [0.2, 0.25) is 0 Å². The Morgan fingerprint density at radius 2 is 1.74 bits per heavy atom. The second-order valence-electron chi connectivity index (χ2n) is 5.85. The van der Waals surface area contributed by atoms with Gasteiger partial charge in [-0.2, -0.15) is 0 Å². The molecule has 1 aliphatic heterocycles. The van der Waals surface area contributed by atoms with E-state index < -0.39 is 46.3 Å².